The molecule has 3 nitrogen and oxygen atoms in total. The first kappa shape index (κ1) is 13.5. The Morgan fingerprint density at radius 1 is 1.39 bits per heavy atom. The smallest absolute Gasteiger partial charge is 0.119 e. The highest BCUT2D eigenvalue weighted by Gasteiger charge is 2.12. The van der Waals surface area contributed by atoms with E-state index in [0.717, 1.165) is 21.5 Å². The first-order valence-electron chi connectivity index (χ1n) is 5.57. The zero-order valence-electron chi connectivity index (χ0n) is 10.0. The van der Waals surface area contributed by atoms with Crippen molar-refractivity contribution in [1.82, 2.24) is 5.43 Å². The van der Waals surface area contributed by atoms with E-state index in [2.05, 4.69) is 39.6 Å². The van der Waals surface area contributed by atoms with Crippen LogP contribution in [0.1, 0.15) is 16.5 Å². The number of thiophene rings is 1. The highest BCUT2D eigenvalue weighted by atomic mass is 79.9. The standard InChI is InChI=1S/C13H15BrN2OS/c1-17-10-4-2-3-9(7-10)12(16-15)8-11-5-6-13(14)18-11/h2-7,12,16H,8,15H2,1H3. The molecule has 1 aromatic heterocycles. The first-order valence-corrected chi connectivity index (χ1v) is 7.18. The molecule has 18 heavy (non-hydrogen) atoms. The zero-order chi connectivity index (χ0) is 13.0. The first-order chi connectivity index (χ1) is 8.72. The van der Waals surface area contributed by atoms with Gasteiger partial charge in [0.2, 0.25) is 0 Å². The summed E-state index contributed by atoms with van der Waals surface area (Å²) in [4.78, 5) is 1.28. The van der Waals surface area contributed by atoms with Crippen LogP contribution in [0.4, 0.5) is 0 Å². The maximum atomic E-state index is 5.65. The number of ether oxygens (including phenoxy) is 1. The summed E-state index contributed by atoms with van der Waals surface area (Å²) in [6.45, 7) is 0. The molecule has 2 aromatic rings. The van der Waals surface area contributed by atoms with Gasteiger partial charge in [-0.05, 0) is 45.8 Å². The van der Waals surface area contributed by atoms with Gasteiger partial charge in [0.25, 0.3) is 0 Å². The molecule has 0 radical (unpaired) electrons. The van der Waals surface area contributed by atoms with E-state index < -0.39 is 0 Å². The van der Waals surface area contributed by atoms with Crippen molar-refractivity contribution < 1.29 is 4.74 Å². The highest BCUT2D eigenvalue weighted by Crippen LogP contribution is 2.27. The fourth-order valence-corrected chi connectivity index (χ4v) is 3.32. The Bertz CT molecular complexity index is 515. The molecular weight excluding hydrogens is 312 g/mol. The van der Waals surface area contributed by atoms with Crippen molar-refractivity contribution in [3.63, 3.8) is 0 Å². The largest absolute Gasteiger partial charge is 0.497 e. The van der Waals surface area contributed by atoms with Crippen LogP contribution in [-0.4, -0.2) is 7.11 Å². The summed E-state index contributed by atoms with van der Waals surface area (Å²) in [6.07, 6.45) is 0.861. The Morgan fingerprint density at radius 3 is 2.83 bits per heavy atom. The minimum absolute atomic E-state index is 0.0886. The number of benzene rings is 1. The molecule has 2 rings (SSSR count). The maximum Gasteiger partial charge on any atom is 0.119 e. The topological polar surface area (TPSA) is 47.3 Å². The average Bonchev–Trinajstić information content (AvgIpc) is 2.81. The lowest BCUT2D eigenvalue weighted by molar-refractivity contribution is 0.413. The lowest BCUT2D eigenvalue weighted by Gasteiger charge is -2.16. The summed E-state index contributed by atoms with van der Waals surface area (Å²) in [7, 11) is 1.67. The average molecular weight is 327 g/mol. The fourth-order valence-electron chi connectivity index (χ4n) is 1.79. The van der Waals surface area contributed by atoms with E-state index in [9.17, 15) is 0 Å². The highest BCUT2D eigenvalue weighted by molar-refractivity contribution is 9.11. The Kier molecular flexibility index (Phi) is 4.77. The zero-order valence-corrected chi connectivity index (χ0v) is 12.4. The number of nitrogens with one attached hydrogen (secondary N) is 1. The predicted molar refractivity (Wildman–Crippen MR) is 78.8 cm³/mol. The summed E-state index contributed by atoms with van der Waals surface area (Å²) >= 11 is 5.20. The van der Waals surface area contributed by atoms with Crippen LogP contribution >= 0.6 is 27.3 Å². The van der Waals surface area contributed by atoms with Crippen molar-refractivity contribution in [2.75, 3.05) is 7.11 Å². The van der Waals surface area contributed by atoms with Crippen LogP contribution in [0.25, 0.3) is 0 Å². The number of hydrogen-bond acceptors (Lipinski definition) is 4. The normalized spacial score (nSPS) is 12.4. The van der Waals surface area contributed by atoms with E-state index in [1.165, 1.54) is 4.88 Å². The molecule has 3 N–H and O–H groups in total. The Labute approximate surface area is 119 Å². The summed E-state index contributed by atoms with van der Waals surface area (Å²) in [6, 6.07) is 12.2. The third-order valence-corrected chi connectivity index (χ3v) is 4.38. The van der Waals surface area contributed by atoms with Crippen LogP contribution in [0, 0.1) is 0 Å². The van der Waals surface area contributed by atoms with Crippen LogP contribution in [-0.2, 0) is 6.42 Å². The second kappa shape index (κ2) is 6.33. The summed E-state index contributed by atoms with van der Waals surface area (Å²) in [5, 5.41) is 0. The van der Waals surface area contributed by atoms with E-state index in [1.54, 1.807) is 18.4 Å². The van der Waals surface area contributed by atoms with Crippen molar-refractivity contribution in [1.29, 1.82) is 0 Å². The lowest BCUT2D eigenvalue weighted by Crippen LogP contribution is -2.29. The molecule has 1 aromatic carbocycles. The monoisotopic (exact) mass is 326 g/mol. The minimum atomic E-state index is 0.0886. The molecule has 0 aliphatic heterocycles. The van der Waals surface area contributed by atoms with Gasteiger partial charge in [-0.25, -0.2) is 0 Å². The van der Waals surface area contributed by atoms with Crippen LogP contribution < -0.4 is 16.0 Å². The molecule has 1 unspecified atom stereocenters. The molecule has 0 saturated heterocycles. The number of halogens is 1. The summed E-state index contributed by atoms with van der Waals surface area (Å²) in [5.41, 5.74) is 3.99. The quantitative estimate of drug-likeness (QED) is 0.654. The van der Waals surface area contributed by atoms with Gasteiger partial charge in [0.15, 0.2) is 0 Å². The van der Waals surface area contributed by atoms with E-state index >= 15 is 0 Å². The molecule has 1 heterocycles. The fraction of sp³-hybridized carbons (Fsp3) is 0.231. The molecule has 0 amide bonds. The van der Waals surface area contributed by atoms with Crippen LogP contribution in [0.2, 0.25) is 0 Å². The molecular formula is C13H15BrN2OS. The third kappa shape index (κ3) is 3.32. The molecule has 96 valence electrons. The van der Waals surface area contributed by atoms with E-state index in [-0.39, 0.29) is 6.04 Å². The van der Waals surface area contributed by atoms with Gasteiger partial charge in [0.05, 0.1) is 16.9 Å². The van der Waals surface area contributed by atoms with Gasteiger partial charge in [0, 0.05) is 11.3 Å². The van der Waals surface area contributed by atoms with Gasteiger partial charge in [-0.3, -0.25) is 11.3 Å². The summed E-state index contributed by atoms with van der Waals surface area (Å²) in [5.74, 6) is 6.50. The predicted octanol–water partition coefficient (Wildman–Crippen LogP) is 3.27. The molecule has 0 bridgehead atoms. The van der Waals surface area contributed by atoms with Crippen LogP contribution in [0.15, 0.2) is 40.2 Å². The molecule has 0 aliphatic carbocycles. The second-order valence-corrected chi connectivity index (χ2v) is 6.45. The van der Waals surface area contributed by atoms with E-state index in [4.69, 9.17) is 10.6 Å². The number of nitrogens with two attached hydrogens (primary N) is 1. The molecule has 1 atom stereocenters. The third-order valence-electron chi connectivity index (χ3n) is 2.73. The minimum Gasteiger partial charge on any atom is -0.497 e. The maximum absolute atomic E-state index is 5.65. The van der Waals surface area contributed by atoms with E-state index in [0.29, 0.717) is 0 Å². The van der Waals surface area contributed by atoms with Crippen molar-refractivity contribution in [2.45, 2.75) is 12.5 Å². The molecule has 5 heteroatoms. The van der Waals surface area contributed by atoms with Crippen molar-refractivity contribution >= 4 is 27.3 Å². The molecule has 0 spiro atoms. The number of methoxy groups -OCH3 is 1. The SMILES string of the molecule is COc1cccc(C(Cc2ccc(Br)s2)NN)c1. The van der Waals surface area contributed by atoms with Gasteiger partial charge < -0.3 is 4.74 Å². The van der Waals surface area contributed by atoms with Crippen molar-refractivity contribution in [3.8, 4) is 5.75 Å². The number of hydrazine groups is 1. The number of rotatable bonds is 5. The van der Waals surface area contributed by atoms with Gasteiger partial charge in [0.1, 0.15) is 5.75 Å². The Balaban J connectivity index is 2.17. The van der Waals surface area contributed by atoms with Gasteiger partial charge >= 0.3 is 0 Å². The molecule has 0 aliphatic rings. The van der Waals surface area contributed by atoms with E-state index in [1.807, 2.05) is 18.2 Å². The van der Waals surface area contributed by atoms with Gasteiger partial charge in [-0.2, -0.15) is 0 Å². The lowest BCUT2D eigenvalue weighted by atomic mass is 10.0. The van der Waals surface area contributed by atoms with Crippen molar-refractivity contribution in [2.24, 2.45) is 5.84 Å². The molecule has 0 saturated carbocycles. The van der Waals surface area contributed by atoms with Gasteiger partial charge in [-0.1, -0.05) is 12.1 Å². The number of hydrogen-bond donors (Lipinski definition) is 2. The van der Waals surface area contributed by atoms with Gasteiger partial charge in [-0.15, -0.1) is 11.3 Å². The Morgan fingerprint density at radius 2 is 2.22 bits per heavy atom. The molecule has 0 fully saturated rings. The van der Waals surface area contributed by atoms with Crippen LogP contribution in [0.3, 0.4) is 0 Å². The Hall–Kier alpha value is -0.880. The second-order valence-electron chi connectivity index (χ2n) is 3.91. The van der Waals surface area contributed by atoms with Crippen LogP contribution in [0.5, 0.6) is 5.75 Å². The summed E-state index contributed by atoms with van der Waals surface area (Å²) < 4.78 is 6.37. The van der Waals surface area contributed by atoms with Crippen molar-refractivity contribution in [3.05, 3.63) is 50.6 Å².